The molecule has 3 N–H and O–H groups in total. The minimum absolute atomic E-state index is 0.138. The second kappa shape index (κ2) is 8.18. The van der Waals surface area contributed by atoms with Crippen LogP contribution >= 0.6 is 0 Å². The largest absolute Gasteiger partial charge is 0.488 e. The van der Waals surface area contributed by atoms with Crippen LogP contribution in [0.15, 0.2) is 54.6 Å². The van der Waals surface area contributed by atoms with Crippen molar-refractivity contribution in [1.82, 2.24) is 14.5 Å². The Hall–Kier alpha value is -3.75. The van der Waals surface area contributed by atoms with Crippen LogP contribution in [0.25, 0.3) is 22.7 Å². The van der Waals surface area contributed by atoms with Crippen LogP contribution < -0.4 is 10.5 Å². The number of benzene rings is 3. The van der Waals surface area contributed by atoms with Crippen molar-refractivity contribution in [3.8, 4) is 5.75 Å². The summed E-state index contributed by atoms with van der Waals surface area (Å²) in [7, 11) is 1.96. The predicted octanol–water partition coefficient (Wildman–Crippen LogP) is 4.23. The third-order valence-corrected chi connectivity index (χ3v) is 6.80. The summed E-state index contributed by atoms with van der Waals surface area (Å²) < 4.78 is 35.7. The molecule has 2 atom stereocenters. The molecular weight excluding hydrogens is 450 g/mol. The van der Waals surface area contributed by atoms with Gasteiger partial charge in [0.1, 0.15) is 24.0 Å². The van der Waals surface area contributed by atoms with E-state index in [9.17, 15) is 13.9 Å². The van der Waals surface area contributed by atoms with E-state index in [0.717, 1.165) is 27.8 Å². The van der Waals surface area contributed by atoms with Gasteiger partial charge < -0.3 is 25.0 Å². The normalized spacial score (nSPS) is 21.1. The van der Waals surface area contributed by atoms with Crippen LogP contribution in [0.5, 0.6) is 5.75 Å². The van der Waals surface area contributed by atoms with E-state index in [4.69, 9.17) is 10.5 Å². The molecule has 0 bridgehead atoms. The van der Waals surface area contributed by atoms with Gasteiger partial charge in [0.15, 0.2) is 0 Å². The van der Waals surface area contributed by atoms with Crippen molar-refractivity contribution in [2.45, 2.75) is 18.8 Å². The van der Waals surface area contributed by atoms with Crippen molar-refractivity contribution >= 4 is 28.6 Å². The van der Waals surface area contributed by atoms with Crippen LogP contribution in [0.2, 0.25) is 0 Å². The number of hydrogen-bond acceptors (Lipinski definition) is 5. The maximum atomic E-state index is 14.0. The first-order valence-corrected chi connectivity index (χ1v) is 11.4. The Morgan fingerprint density at radius 2 is 1.80 bits per heavy atom. The molecule has 4 aromatic rings. The van der Waals surface area contributed by atoms with Crippen molar-refractivity contribution in [3.63, 3.8) is 0 Å². The van der Waals surface area contributed by atoms with Gasteiger partial charge in [-0.3, -0.25) is 0 Å². The van der Waals surface area contributed by atoms with Crippen LogP contribution in [-0.4, -0.2) is 45.8 Å². The number of ether oxygens (including phenoxy) is 1. The van der Waals surface area contributed by atoms with Gasteiger partial charge in [-0.2, -0.15) is 0 Å². The Morgan fingerprint density at radius 1 is 1.03 bits per heavy atom. The predicted molar refractivity (Wildman–Crippen MR) is 131 cm³/mol. The fourth-order valence-electron chi connectivity index (χ4n) is 5.19. The first-order valence-electron chi connectivity index (χ1n) is 11.4. The van der Waals surface area contributed by atoms with Crippen molar-refractivity contribution in [3.05, 3.63) is 88.5 Å². The van der Waals surface area contributed by atoms with Crippen molar-refractivity contribution < 1.29 is 18.6 Å². The van der Waals surface area contributed by atoms with Crippen molar-refractivity contribution in [2.24, 2.45) is 0 Å². The number of fused-ring (bicyclic) bond motifs is 3. The van der Waals surface area contributed by atoms with E-state index in [1.165, 1.54) is 24.3 Å². The molecule has 0 unspecified atom stereocenters. The summed E-state index contributed by atoms with van der Waals surface area (Å²) in [6.45, 7) is 1.40. The minimum atomic E-state index is -0.527. The first-order chi connectivity index (χ1) is 16.9. The maximum Gasteiger partial charge on any atom is 0.201 e. The summed E-state index contributed by atoms with van der Waals surface area (Å²) in [4.78, 5) is 6.62. The van der Waals surface area contributed by atoms with Gasteiger partial charge in [-0.15, -0.1) is 0 Å². The summed E-state index contributed by atoms with van der Waals surface area (Å²) in [6, 6.07) is 14.7. The lowest BCUT2D eigenvalue weighted by atomic mass is 9.92. The number of β-amino-alcohol motifs (C(OH)–C–C–N with tert-alkyl or cyclic N) is 1. The number of aliphatic hydroxyl groups is 1. The quantitative estimate of drug-likeness (QED) is 0.455. The molecule has 2 aliphatic heterocycles. The van der Waals surface area contributed by atoms with Gasteiger partial charge in [-0.25, -0.2) is 13.8 Å². The number of rotatable bonds is 2. The molecule has 178 valence electrons. The zero-order valence-electron chi connectivity index (χ0n) is 19.1. The molecule has 6 rings (SSSR count). The van der Waals surface area contributed by atoms with Crippen LogP contribution in [-0.2, 0) is 6.61 Å². The fourth-order valence-corrected chi connectivity index (χ4v) is 5.19. The summed E-state index contributed by atoms with van der Waals surface area (Å²) in [5.41, 5.74) is 11.7. The number of hydrogen-bond donors (Lipinski definition) is 2. The second-order valence-corrected chi connectivity index (χ2v) is 9.23. The Kier molecular flexibility index (Phi) is 5.09. The highest BCUT2D eigenvalue weighted by Crippen LogP contribution is 2.39. The molecule has 0 spiro atoms. The smallest absolute Gasteiger partial charge is 0.201 e. The average molecular weight is 475 g/mol. The number of halogens is 2. The maximum absolute atomic E-state index is 14.0. The van der Waals surface area contributed by atoms with Crippen LogP contribution in [0.1, 0.15) is 28.3 Å². The molecule has 0 saturated carbocycles. The Bertz CT molecular complexity index is 1440. The number of nitrogens with zero attached hydrogens (tertiary/aromatic N) is 3. The van der Waals surface area contributed by atoms with Gasteiger partial charge in [0.25, 0.3) is 0 Å². The van der Waals surface area contributed by atoms with Crippen molar-refractivity contribution in [2.75, 3.05) is 25.9 Å². The van der Waals surface area contributed by atoms with E-state index in [0.29, 0.717) is 35.9 Å². The molecule has 8 heteroatoms. The molecule has 3 heterocycles. The molecule has 0 amide bonds. The summed E-state index contributed by atoms with van der Waals surface area (Å²) in [5, 5.41) is 10.5. The average Bonchev–Trinajstić information content (AvgIpc) is 3.27. The third-order valence-electron chi connectivity index (χ3n) is 6.80. The number of aromatic nitrogens is 2. The van der Waals surface area contributed by atoms with Gasteiger partial charge in [0.2, 0.25) is 5.95 Å². The Balaban J connectivity index is 1.49. The van der Waals surface area contributed by atoms with E-state index in [1.54, 1.807) is 12.1 Å². The number of imidazole rings is 1. The number of likely N-dealkylation sites (N-methyl/N-ethyl adjacent to an activating group) is 1. The van der Waals surface area contributed by atoms with Crippen LogP contribution in [0.3, 0.4) is 0 Å². The zero-order valence-corrected chi connectivity index (χ0v) is 19.1. The van der Waals surface area contributed by atoms with Crippen LogP contribution in [0, 0.1) is 11.6 Å². The lowest BCUT2D eigenvalue weighted by Gasteiger charge is -2.18. The standard InChI is InChI=1S/C27H24F2N4O2/c1-32-12-24(25(34)13-32)33-23-7-2-15(9-22(23)31-27(33)30)8-21-19-5-3-17(28)10-16(19)14-35-26-11-18(29)4-6-20(21)26/h2-11,24-25,34H,12-14H2,1H3,(H2,30,31)/b21-8+/t24-,25+/m0/s1. The molecule has 1 aromatic heterocycles. The van der Waals surface area contributed by atoms with Gasteiger partial charge in [0, 0.05) is 30.3 Å². The number of nitrogens with two attached hydrogens (primary N) is 1. The molecule has 1 fully saturated rings. The van der Waals surface area contributed by atoms with E-state index in [-0.39, 0.29) is 18.5 Å². The molecule has 0 aliphatic carbocycles. The van der Waals surface area contributed by atoms with Crippen molar-refractivity contribution in [1.29, 1.82) is 0 Å². The van der Waals surface area contributed by atoms with E-state index in [2.05, 4.69) is 9.88 Å². The molecule has 2 aliphatic rings. The molecule has 6 nitrogen and oxygen atoms in total. The third kappa shape index (κ3) is 3.75. The number of likely N-dealkylation sites (tertiary alicyclic amines) is 1. The highest BCUT2D eigenvalue weighted by atomic mass is 19.1. The molecule has 1 saturated heterocycles. The number of aliphatic hydroxyl groups excluding tert-OH is 1. The van der Waals surface area contributed by atoms with Gasteiger partial charge >= 0.3 is 0 Å². The highest BCUT2D eigenvalue weighted by molar-refractivity contribution is 5.96. The minimum Gasteiger partial charge on any atom is -0.488 e. The Morgan fingerprint density at radius 3 is 2.57 bits per heavy atom. The second-order valence-electron chi connectivity index (χ2n) is 9.23. The summed E-state index contributed by atoms with van der Waals surface area (Å²) in [6.07, 6.45) is 1.44. The van der Waals surface area contributed by atoms with E-state index >= 15 is 0 Å². The Labute approximate surface area is 200 Å². The van der Waals surface area contributed by atoms with E-state index in [1.807, 2.05) is 35.9 Å². The summed E-state index contributed by atoms with van der Waals surface area (Å²) in [5.74, 6) is 0.00360. The fraction of sp³-hybridized carbons (Fsp3) is 0.222. The topological polar surface area (TPSA) is 76.5 Å². The lowest BCUT2D eigenvalue weighted by Crippen LogP contribution is -2.23. The lowest BCUT2D eigenvalue weighted by molar-refractivity contribution is 0.148. The summed E-state index contributed by atoms with van der Waals surface area (Å²) >= 11 is 0. The molecular formula is C27H24F2N4O2. The molecule has 3 aromatic carbocycles. The van der Waals surface area contributed by atoms with Gasteiger partial charge in [0.05, 0.1) is 23.2 Å². The van der Waals surface area contributed by atoms with Gasteiger partial charge in [-0.05, 0) is 66.2 Å². The number of anilines is 1. The van der Waals surface area contributed by atoms with Gasteiger partial charge in [-0.1, -0.05) is 12.1 Å². The number of nitrogen functional groups attached to an aromatic ring is 1. The van der Waals surface area contributed by atoms with Crippen LogP contribution in [0.4, 0.5) is 14.7 Å². The van der Waals surface area contributed by atoms with E-state index < -0.39 is 11.9 Å². The zero-order chi connectivity index (χ0) is 24.3. The molecule has 0 radical (unpaired) electrons. The first kappa shape index (κ1) is 21.8. The monoisotopic (exact) mass is 474 g/mol. The highest BCUT2D eigenvalue weighted by Gasteiger charge is 2.32. The molecule has 35 heavy (non-hydrogen) atoms. The SMILES string of the molecule is CN1C[C@@H](O)[C@@H](n2c(N)nc3cc(/C=C4\c5ccc(F)cc5COc5cc(F)ccc54)ccc32)C1.